The van der Waals surface area contributed by atoms with E-state index >= 15 is 0 Å². The van der Waals surface area contributed by atoms with Gasteiger partial charge in [0.15, 0.2) is 0 Å². The van der Waals surface area contributed by atoms with Gasteiger partial charge in [-0.2, -0.15) is 0 Å². The Morgan fingerprint density at radius 1 is 1.69 bits per heavy atom. The predicted octanol–water partition coefficient (Wildman–Crippen LogP) is 0.618. The summed E-state index contributed by atoms with van der Waals surface area (Å²) in [7, 11) is 3.34. The fourth-order valence-electron chi connectivity index (χ4n) is 1.95. The molecule has 0 saturated heterocycles. The number of methoxy groups -OCH3 is 1. The number of carbonyl (C=O) groups is 1. The maximum Gasteiger partial charge on any atom is 0.323 e. The number of rotatable bonds is 3. The van der Waals surface area contributed by atoms with E-state index in [4.69, 9.17) is 9.84 Å². The molecule has 1 fully saturated rings. The van der Waals surface area contributed by atoms with Gasteiger partial charge in [0.25, 0.3) is 0 Å². The highest BCUT2D eigenvalue weighted by atomic mass is 16.5. The molecule has 4 nitrogen and oxygen atoms in total. The summed E-state index contributed by atoms with van der Waals surface area (Å²) in [5.74, 6) is -0.767. The predicted molar refractivity (Wildman–Crippen MR) is 48.7 cm³/mol. The molecular weight excluding hydrogens is 170 g/mol. The van der Waals surface area contributed by atoms with E-state index in [2.05, 4.69) is 5.32 Å². The van der Waals surface area contributed by atoms with Crippen LogP contribution in [0, 0.1) is 0 Å². The van der Waals surface area contributed by atoms with Crippen LogP contribution in [0.1, 0.15) is 25.7 Å². The third-order valence-electron chi connectivity index (χ3n) is 2.93. The Hall–Kier alpha value is -0.610. The van der Waals surface area contributed by atoms with Crippen LogP contribution in [0.3, 0.4) is 0 Å². The highest BCUT2D eigenvalue weighted by Gasteiger charge is 2.41. The van der Waals surface area contributed by atoms with Crippen molar-refractivity contribution in [2.75, 3.05) is 14.2 Å². The van der Waals surface area contributed by atoms with Gasteiger partial charge >= 0.3 is 5.97 Å². The summed E-state index contributed by atoms with van der Waals surface area (Å²) in [6.45, 7) is 0. The van der Waals surface area contributed by atoms with Crippen LogP contribution in [0.2, 0.25) is 0 Å². The van der Waals surface area contributed by atoms with Crippen molar-refractivity contribution < 1.29 is 14.6 Å². The summed E-state index contributed by atoms with van der Waals surface area (Å²) < 4.78 is 5.20. The van der Waals surface area contributed by atoms with Crippen molar-refractivity contribution in [3.8, 4) is 0 Å². The molecule has 1 aliphatic rings. The van der Waals surface area contributed by atoms with E-state index in [1.54, 1.807) is 14.2 Å². The lowest BCUT2D eigenvalue weighted by Crippen LogP contribution is -2.54. The Morgan fingerprint density at radius 3 is 2.85 bits per heavy atom. The summed E-state index contributed by atoms with van der Waals surface area (Å²) in [5.41, 5.74) is -0.765. The maximum absolute atomic E-state index is 11.1. The molecule has 1 aliphatic carbocycles. The number of ether oxygens (including phenoxy) is 1. The molecule has 0 aliphatic heterocycles. The number of nitrogens with one attached hydrogen (secondary N) is 1. The SMILES string of the molecule is CNC1(C(=O)O)CCCC(OC)C1. The van der Waals surface area contributed by atoms with Gasteiger partial charge in [0.1, 0.15) is 5.54 Å². The zero-order valence-corrected chi connectivity index (χ0v) is 8.17. The molecule has 2 atom stereocenters. The van der Waals surface area contributed by atoms with Crippen LogP contribution in [0.4, 0.5) is 0 Å². The summed E-state index contributed by atoms with van der Waals surface area (Å²) >= 11 is 0. The molecule has 0 heterocycles. The van der Waals surface area contributed by atoms with Crippen LogP contribution in [-0.2, 0) is 9.53 Å². The fraction of sp³-hybridized carbons (Fsp3) is 0.889. The fourth-order valence-corrected chi connectivity index (χ4v) is 1.95. The number of carboxylic acids is 1. The van der Waals surface area contributed by atoms with Gasteiger partial charge in [-0.25, -0.2) is 0 Å². The zero-order chi connectivity index (χ0) is 9.90. The van der Waals surface area contributed by atoms with Crippen LogP contribution in [0.25, 0.3) is 0 Å². The molecule has 76 valence electrons. The van der Waals surface area contributed by atoms with E-state index < -0.39 is 11.5 Å². The van der Waals surface area contributed by atoms with Gasteiger partial charge in [0.2, 0.25) is 0 Å². The Balaban J connectivity index is 2.69. The normalized spacial score (nSPS) is 34.5. The molecule has 0 aromatic heterocycles. The topological polar surface area (TPSA) is 58.6 Å². The molecule has 0 radical (unpaired) electrons. The first-order valence-electron chi connectivity index (χ1n) is 4.60. The van der Waals surface area contributed by atoms with Crippen molar-refractivity contribution in [1.82, 2.24) is 5.32 Å². The van der Waals surface area contributed by atoms with Gasteiger partial charge < -0.3 is 15.2 Å². The molecule has 2 N–H and O–H groups in total. The smallest absolute Gasteiger partial charge is 0.323 e. The lowest BCUT2D eigenvalue weighted by molar-refractivity contribution is -0.148. The van der Waals surface area contributed by atoms with Gasteiger partial charge in [-0.15, -0.1) is 0 Å². The van der Waals surface area contributed by atoms with Gasteiger partial charge in [-0.05, 0) is 26.3 Å². The summed E-state index contributed by atoms with van der Waals surface area (Å²) in [6, 6.07) is 0. The average molecular weight is 187 g/mol. The van der Waals surface area contributed by atoms with Gasteiger partial charge in [-0.1, -0.05) is 0 Å². The van der Waals surface area contributed by atoms with E-state index in [0.717, 1.165) is 12.8 Å². The van der Waals surface area contributed by atoms with Crippen molar-refractivity contribution >= 4 is 5.97 Å². The van der Waals surface area contributed by atoms with E-state index in [1.807, 2.05) is 0 Å². The Bertz CT molecular complexity index is 195. The summed E-state index contributed by atoms with van der Waals surface area (Å²) in [6.07, 6.45) is 3.21. The Kier molecular flexibility index (Phi) is 3.27. The van der Waals surface area contributed by atoms with Gasteiger partial charge in [-0.3, -0.25) is 4.79 Å². The van der Waals surface area contributed by atoms with Gasteiger partial charge in [0, 0.05) is 13.5 Å². The van der Waals surface area contributed by atoms with E-state index in [9.17, 15) is 4.79 Å². The minimum absolute atomic E-state index is 0.0808. The van der Waals surface area contributed by atoms with Crippen LogP contribution in [0.15, 0.2) is 0 Å². The number of aliphatic carboxylic acids is 1. The third-order valence-corrected chi connectivity index (χ3v) is 2.93. The number of likely N-dealkylation sites (N-methyl/N-ethyl adjacent to an activating group) is 1. The highest BCUT2D eigenvalue weighted by molar-refractivity contribution is 5.79. The third kappa shape index (κ3) is 2.00. The quantitative estimate of drug-likeness (QED) is 0.680. The van der Waals surface area contributed by atoms with Crippen molar-refractivity contribution in [3.63, 3.8) is 0 Å². The van der Waals surface area contributed by atoms with Gasteiger partial charge in [0.05, 0.1) is 6.10 Å². The Labute approximate surface area is 78.3 Å². The second kappa shape index (κ2) is 4.07. The van der Waals surface area contributed by atoms with Crippen molar-refractivity contribution in [3.05, 3.63) is 0 Å². The number of hydrogen-bond acceptors (Lipinski definition) is 3. The zero-order valence-electron chi connectivity index (χ0n) is 8.17. The highest BCUT2D eigenvalue weighted by Crippen LogP contribution is 2.29. The van der Waals surface area contributed by atoms with E-state index in [-0.39, 0.29) is 6.10 Å². The molecule has 0 aromatic carbocycles. The summed E-state index contributed by atoms with van der Waals surface area (Å²) in [4.78, 5) is 11.1. The van der Waals surface area contributed by atoms with Crippen LogP contribution in [-0.4, -0.2) is 36.9 Å². The minimum Gasteiger partial charge on any atom is -0.480 e. The second-order valence-corrected chi connectivity index (χ2v) is 3.59. The Morgan fingerprint density at radius 2 is 2.38 bits per heavy atom. The molecule has 0 aromatic rings. The van der Waals surface area contributed by atoms with Crippen LogP contribution >= 0.6 is 0 Å². The molecular formula is C9H17NO3. The van der Waals surface area contributed by atoms with E-state index in [1.165, 1.54) is 0 Å². The largest absolute Gasteiger partial charge is 0.480 e. The van der Waals surface area contributed by atoms with Crippen LogP contribution < -0.4 is 5.32 Å². The first kappa shape index (κ1) is 10.5. The lowest BCUT2D eigenvalue weighted by atomic mass is 9.80. The van der Waals surface area contributed by atoms with Crippen molar-refractivity contribution in [1.29, 1.82) is 0 Å². The molecule has 4 heteroatoms. The molecule has 0 bridgehead atoms. The maximum atomic E-state index is 11.1. The van der Waals surface area contributed by atoms with Crippen molar-refractivity contribution in [2.45, 2.75) is 37.3 Å². The summed E-state index contributed by atoms with van der Waals surface area (Å²) in [5, 5.41) is 12.0. The molecule has 1 saturated carbocycles. The van der Waals surface area contributed by atoms with Crippen LogP contribution in [0.5, 0.6) is 0 Å². The molecule has 1 rings (SSSR count). The number of hydrogen-bond donors (Lipinski definition) is 2. The monoisotopic (exact) mass is 187 g/mol. The van der Waals surface area contributed by atoms with E-state index in [0.29, 0.717) is 12.8 Å². The molecule has 0 amide bonds. The minimum atomic E-state index is -0.767. The molecule has 0 spiro atoms. The lowest BCUT2D eigenvalue weighted by Gasteiger charge is -2.36. The molecule has 2 unspecified atom stereocenters. The first-order chi connectivity index (χ1) is 6.14. The second-order valence-electron chi connectivity index (χ2n) is 3.59. The average Bonchev–Trinajstić information content (AvgIpc) is 2.17. The molecule has 13 heavy (non-hydrogen) atoms. The number of carboxylic acid groups (broad SMARTS) is 1. The first-order valence-corrected chi connectivity index (χ1v) is 4.60. The van der Waals surface area contributed by atoms with Crippen molar-refractivity contribution in [2.24, 2.45) is 0 Å². The standard InChI is InChI=1S/C9H17NO3/c1-10-9(8(11)12)5-3-4-7(6-9)13-2/h7,10H,3-6H2,1-2H3,(H,11,12).